The Morgan fingerprint density at radius 3 is 2.54 bits per heavy atom. The van der Waals surface area contributed by atoms with Crippen LogP contribution in [0.25, 0.3) is 11.3 Å². The van der Waals surface area contributed by atoms with Crippen LogP contribution in [0.4, 0.5) is 17.5 Å². The number of carbonyl (C=O) groups is 2. The number of carbonyl (C=O) groups excluding carboxylic acids is 2. The number of hydrogen-bond acceptors (Lipinski definition) is 6. The molecule has 8 heteroatoms. The second-order valence-corrected chi connectivity index (χ2v) is 8.99. The van der Waals surface area contributed by atoms with Crippen LogP contribution in [-0.2, 0) is 22.6 Å². The highest BCUT2D eigenvalue weighted by molar-refractivity contribution is 6.02. The molecule has 1 N–H and O–H groups in total. The Balaban J connectivity index is 1.57. The van der Waals surface area contributed by atoms with E-state index in [9.17, 15) is 9.59 Å². The maximum Gasteiger partial charge on any atom is 0.233 e. The zero-order chi connectivity index (χ0) is 24.4. The molecule has 3 aromatic rings. The monoisotopic (exact) mass is 471 g/mol. The van der Waals surface area contributed by atoms with Crippen molar-refractivity contribution in [3.63, 3.8) is 0 Å². The predicted octanol–water partition coefficient (Wildman–Crippen LogP) is 4.19. The average molecular weight is 472 g/mol. The molecule has 2 aromatic carbocycles. The quantitative estimate of drug-likeness (QED) is 0.580. The lowest BCUT2D eigenvalue weighted by molar-refractivity contribution is -0.117. The van der Waals surface area contributed by atoms with Gasteiger partial charge in [0.1, 0.15) is 11.6 Å². The van der Waals surface area contributed by atoms with Gasteiger partial charge in [-0.25, -0.2) is 4.98 Å². The summed E-state index contributed by atoms with van der Waals surface area (Å²) < 4.78 is 5.26. The number of aromatic nitrogens is 2. The Labute approximate surface area is 204 Å². The molecule has 2 amide bonds. The van der Waals surface area contributed by atoms with Crippen LogP contribution in [0.15, 0.2) is 48.5 Å². The van der Waals surface area contributed by atoms with Crippen molar-refractivity contribution in [3.8, 4) is 17.0 Å². The third-order valence-electron chi connectivity index (χ3n) is 6.45. The Morgan fingerprint density at radius 1 is 1.06 bits per heavy atom. The molecule has 8 nitrogen and oxygen atoms in total. The maximum atomic E-state index is 13.2. The van der Waals surface area contributed by atoms with E-state index in [0.717, 1.165) is 54.1 Å². The SMILES string of the molecule is COc1ccc(CN2C(=O)Cc3c(-c4cccc(NC(C)=O)c4)nc(N4CCCCC4)nc32)cc1. The van der Waals surface area contributed by atoms with E-state index >= 15 is 0 Å². The van der Waals surface area contributed by atoms with Crippen molar-refractivity contribution < 1.29 is 14.3 Å². The topological polar surface area (TPSA) is 87.7 Å². The van der Waals surface area contributed by atoms with Gasteiger partial charge in [0.2, 0.25) is 17.8 Å². The molecule has 0 radical (unpaired) electrons. The molecular weight excluding hydrogens is 442 g/mol. The Bertz CT molecular complexity index is 1250. The second-order valence-electron chi connectivity index (χ2n) is 8.99. The van der Waals surface area contributed by atoms with E-state index < -0.39 is 0 Å². The number of nitrogens with zero attached hydrogens (tertiary/aromatic N) is 4. The van der Waals surface area contributed by atoms with Crippen molar-refractivity contribution in [1.82, 2.24) is 9.97 Å². The van der Waals surface area contributed by atoms with Crippen LogP contribution in [0.1, 0.15) is 37.3 Å². The summed E-state index contributed by atoms with van der Waals surface area (Å²) in [7, 11) is 1.64. The van der Waals surface area contributed by atoms with Gasteiger partial charge in [-0.3, -0.25) is 14.5 Å². The molecule has 5 rings (SSSR count). The molecule has 3 heterocycles. The van der Waals surface area contributed by atoms with Gasteiger partial charge in [-0.15, -0.1) is 0 Å². The van der Waals surface area contributed by atoms with Gasteiger partial charge >= 0.3 is 0 Å². The molecule has 2 aliphatic rings. The lowest BCUT2D eigenvalue weighted by atomic mass is 10.0. The third kappa shape index (κ3) is 4.82. The molecule has 1 aromatic heterocycles. The third-order valence-corrected chi connectivity index (χ3v) is 6.45. The van der Waals surface area contributed by atoms with Gasteiger partial charge in [0.05, 0.1) is 25.8 Å². The van der Waals surface area contributed by atoms with E-state index in [4.69, 9.17) is 14.7 Å². The molecule has 0 unspecified atom stereocenters. The summed E-state index contributed by atoms with van der Waals surface area (Å²) in [5.74, 6) is 1.96. The molecule has 35 heavy (non-hydrogen) atoms. The lowest BCUT2D eigenvalue weighted by Crippen LogP contribution is -2.32. The molecule has 0 spiro atoms. The fourth-order valence-corrected chi connectivity index (χ4v) is 4.71. The Kier molecular flexibility index (Phi) is 6.35. The van der Waals surface area contributed by atoms with Gasteiger partial charge in [0, 0.05) is 36.8 Å². The summed E-state index contributed by atoms with van der Waals surface area (Å²) in [6.07, 6.45) is 3.64. The number of nitrogens with one attached hydrogen (secondary N) is 1. The summed E-state index contributed by atoms with van der Waals surface area (Å²) in [5, 5.41) is 2.84. The molecule has 0 saturated carbocycles. The summed E-state index contributed by atoms with van der Waals surface area (Å²) in [6.45, 7) is 3.71. The van der Waals surface area contributed by atoms with Crippen LogP contribution in [0.2, 0.25) is 0 Å². The van der Waals surface area contributed by atoms with Gasteiger partial charge in [-0.1, -0.05) is 24.3 Å². The number of fused-ring (bicyclic) bond motifs is 1. The molecule has 1 saturated heterocycles. The largest absolute Gasteiger partial charge is 0.497 e. The highest BCUT2D eigenvalue weighted by Gasteiger charge is 2.34. The smallest absolute Gasteiger partial charge is 0.233 e. The van der Waals surface area contributed by atoms with Crippen molar-refractivity contribution in [2.45, 2.75) is 39.2 Å². The number of rotatable bonds is 6. The first-order valence-electron chi connectivity index (χ1n) is 12.0. The first-order valence-corrected chi connectivity index (χ1v) is 12.0. The number of methoxy groups -OCH3 is 1. The first kappa shape index (κ1) is 22.8. The van der Waals surface area contributed by atoms with Crippen molar-refractivity contribution in [1.29, 1.82) is 0 Å². The molecule has 0 atom stereocenters. The average Bonchev–Trinajstić information content (AvgIpc) is 3.19. The summed E-state index contributed by atoms with van der Waals surface area (Å²) >= 11 is 0. The van der Waals surface area contributed by atoms with Crippen molar-refractivity contribution in [2.24, 2.45) is 0 Å². The maximum absolute atomic E-state index is 13.2. The van der Waals surface area contributed by atoms with Crippen molar-refractivity contribution in [2.75, 3.05) is 35.3 Å². The predicted molar refractivity (Wildman–Crippen MR) is 136 cm³/mol. The number of anilines is 3. The fourth-order valence-electron chi connectivity index (χ4n) is 4.71. The van der Waals surface area contributed by atoms with Crippen LogP contribution in [-0.4, -0.2) is 42.0 Å². The minimum Gasteiger partial charge on any atom is -0.497 e. The zero-order valence-corrected chi connectivity index (χ0v) is 20.1. The highest BCUT2D eigenvalue weighted by atomic mass is 16.5. The Hall–Kier alpha value is -3.94. The fraction of sp³-hybridized carbons (Fsp3) is 0.333. The van der Waals surface area contributed by atoms with Crippen molar-refractivity contribution >= 4 is 29.3 Å². The molecular formula is C27H29N5O3. The second kappa shape index (κ2) is 9.74. The lowest BCUT2D eigenvalue weighted by Gasteiger charge is -2.28. The van der Waals surface area contributed by atoms with Gasteiger partial charge in [-0.05, 0) is 49.1 Å². The Morgan fingerprint density at radius 2 is 1.83 bits per heavy atom. The molecule has 0 aliphatic carbocycles. The van der Waals surface area contributed by atoms with E-state index in [2.05, 4.69) is 10.2 Å². The first-order chi connectivity index (χ1) is 17.0. The van der Waals surface area contributed by atoms with Crippen LogP contribution in [0.3, 0.4) is 0 Å². The van der Waals surface area contributed by atoms with E-state index in [1.165, 1.54) is 13.3 Å². The summed E-state index contributed by atoms with van der Waals surface area (Å²) in [6, 6.07) is 15.3. The standard InChI is InChI=1S/C27H29N5O3/c1-18(33)28-21-8-6-7-20(15-21)25-23-16-24(34)32(17-19-9-11-22(35-2)12-10-19)26(23)30-27(29-25)31-13-4-3-5-14-31/h6-12,15H,3-5,13-14,16-17H2,1-2H3,(H,28,33). The minimum absolute atomic E-state index is 0.000165. The van der Waals surface area contributed by atoms with Crippen LogP contribution in [0.5, 0.6) is 5.75 Å². The number of amides is 2. The summed E-state index contributed by atoms with van der Waals surface area (Å²) in [4.78, 5) is 38.7. The minimum atomic E-state index is -0.134. The number of piperidine rings is 1. The van der Waals surface area contributed by atoms with Gasteiger partial charge < -0.3 is 15.0 Å². The van der Waals surface area contributed by atoms with Gasteiger partial charge in [0.25, 0.3) is 0 Å². The number of ether oxygens (including phenoxy) is 1. The van der Waals surface area contributed by atoms with Crippen LogP contribution < -0.4 is 19.9 Å². The van der Waals surface area contributed by atoms with E-state index in [0.29, 0.717) is 24.0 Å². The van der Waals surface area contributed by atoms with E-state index in [1.807, 2.05) is 48.5 Å². The van der Waals surface area contributed by atoms with E-state index in [-0.39, 0.29) is 18.2 Å². The van der Waals surface area contributed by atoms with Crippen LogP contribution >= 0.6 is 0 Å². The number of hydrogen-bond donors (Lipinski definition) is 1. The zero-order valence-electron chi connectivity index (χ0n) is 20.1. The highest BCUT2D eigenvalue weighted by Crippen LogP contribution is 2.38. The molecule has 180 valence electrons. The van der Waals surface area contributed by atoms with Crippen LogP contribution in [0, 0.1) is 0 Å². The van der Waals surface area contributed by atoms with Crippen molar-refractivity contribution in [3.05, 3.63) is 59.7 Å². The normalized spacial score (nSPS) is 15.2. The molecule has 2 aliphatic heterocycles. The summed E-state index contributed by atoms with van der Waals surface area (Å²) in [5.41, 5.74) is 4.12. The molecule has 1 fully saturated rings. The molecule has 0 bridgehead atoms. The van der Waals surface area contributed by atoms with Gasteiger partial charge in [0.15, 0.2) is 0 Å². The van der Waals surface area contributed by atoms with E-state index in [1.54, 1.807) is 12.0 Å². The number of benzene rings is 2. The van der Waals surface area contributed by atoms with Gasteiger partial charge in [-0.2, -0.15) is 4.98 Å².